The first-order valence-corrected chi connectivity index (χ1v) is 10.5. The number of nitrogens with one attached hydrogen (secondary N) is 1. The molecule has 2 heterocycles. The van der Waals surface area contributed by atoms with Crippen molar-refractivity contribution in [3.05, 3.63) is 66.2 Å². The van der Waals surface area contributed by atoms with Crippen molar-refractivity contribution < 1.29 is 23.8 Å². The first-order valence-electron chi connectivity index (χ1n) is 10.5. The predicted molar refractivity (Wildman–Crippen MR) is 121 cm³/mol. The van der Waals surface area contributed by atoms with E-state index in [2.05, 4.69) is 28.9 Å². The smallest absolute Gasteiger partial charge is 0.339 e. The van der Waals surface area contributed by atoms with Crippen LogP contribution < -0.4 is 14.8 Å². The quantitative estimate of drug-likeness (QED) is 0.463. The van der Waals surface area contributed by atoms with E-state index in [1.165, 1.54) is 0 Å². The molecule has 1 aliphatic rings. The summed E-state index contributed by atoms with van der Waals surface area (Å²) >= 11 is 0. The van der Waals surface area contributed by atoms with Crippen molar-refractivity contribution in [1.82, 2.24) is 4.57 Å². The maximum atomic E-state index is 12.7. The summed E-state index contributed by atoms with van der Waals surface area (Å²) in [4.78, 5) is 25.2. The van der Waals surface area contributed by atoms with Crippen molar-refractivity contribution in [1.29, 1.82) is 0 Å². The molecule has 162 valence electrons. The van der Waals surface area contributed by atoms with Crippen molar-refractivity contribution in [3.63, 3.8) is 0 Å². The standard InChI is InChI=1S/C25H22N2O5/c1-3-27-20-7-5-4-6-18(20)19-13-17(9-10-21(19)27)26-24(28)15(2)32-25(29)16-8-11-22-23(12-16)31-14-30-22/h4-13,15H,3,14H2,1-2H3,(H,26,28)/t15-/m1/s1. The molecule has 0 bridgehead atoms. The molecule has 0 aliphatic carbocycles. The van der Waals surface area contributed by atoms with E-state index in [9.17, 15) is 9.59 Å². The van der Waals surface area contributed by atoms with Crippen LogP contribution in [0, 0.1) is 0 Å². The molecule has 5 rings (SSSR count). The van der Waals surface area contributed by atoms with Gasteiger partial charge in [0, 0.05) is 34.0 Å². The summed E-state index contributed by atoms with van der Waals surface area (Å²) in [6.07, 6.45) is -0.972. The number of aryl methyl sites for hydroxylation is 1. The summed E-state index contributed by atoms with van der Waals surface area (Å²) in [6.45, 7) is 4.62. The third-order valence-corrected chi connectivity index (χ3v) is 5.62. The number of ether oxygens (including phenoxy) is 3. The van der Waals surface area contributed by atoms with Crippen molar-refractivity contribution in [2.75, 3.05) is 12.1 Å². The minimum absolute atomic E-state index is 0.119. The molecule has 0 unspecified atom stereocenters. The van der Waals surface area contributed by atoms with Gasteiger partial charge in [-0.15, -0.1) is 0 Å². The van der Waals surface area contributed by atoms with E-state index in [0.29, 0.717) is 22.7 Å². The molecule has 0 radical (unpaired) electrons. The van der Waals surface area contributed by atoms with Gasteiger partial charge in [-0.1, -0.05) is 18.2 Å². The van der Waals surface area contributed by atoms with Crippen LogP contribution in [0.25, 0.3) is 21.8 Å². The average Bonchev–Trinajstić information content (AvgIpc) is 3.40. The molecule has 0 saturated heterocycles. The molecule has 0 saturated carbocycles. The lowest BCUT2D eigenvalue weighted by molar-refractivity contribution is -0.123. The SMILES string of the molecule is CCn1c2ccccc2c2cc(NC(=O)[C@@H](C)OC(=O)c3ccc4c(c3)OCO4)ccc21. The zero-order chi connectivity index (χ0) is 22.2. The lowest BCUT2D eigenvalue weighted by Gasteiger charge is -2.14. The Morgan fingerprint density at radius 2 is 1.78 bits per heavy atom. The number of anilines is 1. The number of nitrogens with zero attached hydrogens (tertiary/aromatic N) is 1. The van der Waals surface area contributed by atoms with Crippen LogP contribution >= 0.6 is 0 Å². The molecule has 1 N–H and O–H groups in total. The summed E-state index contributed by atoms with van der Waals surface area (Å²) in [5.41, 5.74) is 3.20. The number of hydrogen-bond donors (Lipinski definition) is 1. The lowest BCUT2D eigenvalue weighted by Crippen LogP contribution is -2.30. The average molecular weight is 430 g/mol. The van der Waals surface area contributed by atoms with Crippen molar-refractivity contribution in [2.24, 2.45) is 0 Å². The molecular formula is C25H22N2O5. The highest BCUT2D eigenvalue weighted by molar-refractivity contribution is 6.10. The maximum Gasteiger partial charge on any atom is 0.339 e. The van der Waals surface area contributed by atoms with Crippen LogP contribution in [0.15, 0.2) is 60.7 Å². The van der Waals surface area contributed by atoms with Crippen molar-refractivity contribution >= 4 is 39.4 Å². The Balaban J connectivity index is 1.33. The van der Waals surface area contributed by atoms with Gasteiger partial charge in [0.25, 0.3) is 5.91 Å². The van der Waals surface area contributed by atoms with Gasteiger partial charge >= 0.3 is 5.97 Å². The highest BCUT2D eigenvalue weighted by atomic mass is 16.7. The Morgan fingerprint density at radius 1 is 1.00 bits per heavy atom. The first-order chi connectivity index (χ1) is 15.5. The normalized spacial score (nSPS) is 13.3. The molecule has 0 fully saturated rings. The predicted octanol–water partition coefficient (Wildman–Crippen LogP) is 4.73. The fraction of sp³-hybridized carbons (Fsp3) is 0.200. The van der Waals surface area contributed by atoms with Gasteiger partial charge in [0.2, 0.25) is 6.79 Å². The molecule has 1 amide bonds. The number of amides is 1. The molecule has 0 spiro atoms. The number of carbonyl (C=O) groups is 2. The highest BCUT2D eigenvalue weighted by Gasteiger charge is 2.22. The van der Waals surface area contributed by atoms with E-state index in [1.807, 2.05) is 30.3 Å². The number of fused-ring (bicyclic) bond motifs is 4. The minimum Gasteiger partial charge on any atom is -0.454 e. The van der Waals surface area contributed by atoms with Crippen LogP contribution in [-0.2, 0) is 16.1 Å². The minimum atomic E-state index is -0.972. The molecule has 32 heavy (non-hydrogen) atoms. The van der Waals surface area contributed by atoms with E-state index in [0.717, 1.165) is 28.4 Å². The second-order valence-corrected chi connectivity index (χ2v) is 7.60. The second-order valence-electron chi connectivity index (χ2n) is 7.60. The first kappa shape index (κ1) is 19.9. The Bertz CT molecular complexity index is 1360. The van der Waals surface area contributed by atoms with Crippen LogP contribution in [0.4, 0.5) is 5.69 Å². The molecule has 7 nitrogen and oxygen atoms in total. The summed E-state index contributed by atoms with van der Waals surface area (Å²) in [7, 11) is 0. The summed E-state index contributed by atoms with van der Waals surface area (Å²) in [5.74, 6) is 0.0494. The van der Waals surface area contributed by atoms with Gasteiger partial charge in [-0.25, -0.2) is 4.79 Å². The summed E-state index contributed by atoms with van der Waals surface area (Å²) < 4.78 is 18.1. The van der Waals surface area contributed by atoms with Crippen LogP contribution in [0.1, 0.15) is 24.2 Å². The van der Waals surface area contributed by atoms with Gasteiger partial charge in [-0.3, -0.25) is 4.79 Å². The van der Waals surface area contributed by atoms with Gasteiger partial charge in [-0.05, 0) is 56.3 Å². The number of hydrogen-bond acceptors (Lipinski definition) is 5. The maximum absolute atomic E-state index is 12.7. The molecule has 7 heteroatoms. The number of esters is 1. The molecule has 1 aliphatic heterocycles. The topological polar surface area (TPSA) is 78.8 Å². The summed E-state index contributed by atoms with van der Waals surface area (Å²) in [6, 6.07) is 18.8. The number of aromatic nitrogens is 1. The van der Waals surface area contributed by atoms with Crippen LogP contribution in [0.2, 0.25) is 0 Å². The third-order valence-electron chi connectivity index (χ3n) is 5.62. The Labute approximate surface area is 184 Å². The van der Waals surface area contributed by atoms with Gasteiger partial charge in [0.05, 0.1) is 5.56 Å². The fourth-order valence-corrected chi connectivity index (χ4v) is 4.02. The largest absolute Gasteiger partial charge is 0.454 e. The molecule has 1 aromatic heterocycles. The van der Waals surface area contributed by atoms with Gasteiger partial charge in [0.1, 0.15) is 0 Å². The number of para-hydroxylation sites is 1. The van der Waals surface area contributed by atoms with Gasteiger partial charge in [-0.2, -0.15) is 0 Å². The number of rotatable bonds is 5. The van der Waals surface area contributed by atoms with Crippen molar-refractivity contribution in [3.8, 4) is 11.5 Å². The van der Waals surface area contributed by atoms with E-state index in [4.69, 9.17) is 14.2 Å². The van der Waals surface area contributed by atoms with E-state index in [-0.39, 0.29) is 6.79 Å². The zero-order valence-electron chi connectivity index (χ0n) is 17.8. The Hall–Kier alpha value is -4.00. The van der Waals surface area contributed by atoms with E-state index in [1.54, 1.807) is 25.1 Å². The van der Waals surface area contributed by atoms with E-state index >= 15 is 0 Å². The molecule has 1 atom stereocenters. The zero-order valence-corrected chi connectivity index (χ0v) is 17.8. The van der Waals surface area contributed by atoms with E-state index < -0.39 is 18.0 Å². The van der Waals surface area contributed by atoms with Gasteiger partial charge in [0.15, 0.2) is 17.6 Å². The lowest BCUT2D eigenvalue weighted by atomic mass is 10.1. The van der Waals surface area contributed by atoms with Crippen LogP contribution in [0.5, 0.6) is 11.5 Å². The molecule has 3 aromatic carbocycles. The van der Waals surface area contributed by atoms with Gasteiger partial charge < -0.3 is 24.1 Å². The van der Waals surface area contributed by atoms with Crippen LogP contribution in [-0.4, -0.2) is 29.3 Å². The number of carbonyl (C=O) groups excluding carboxylic acids is 2. The molecular weight excluding hydrogens is 408 g/mol. The fourth-order valence-electron chi connectivity index (χ4n) is 4.02. The third kappa shape index (κ3) is 3.41. The summed E-state index contributed by atoms with van der Waals surface area (Å²) in [5, 5.41) is 5.04. The highest BCUT2D eigenvalue weighted by Crippen LogP contribution is 2.33. The number of benzene rings is 3. The van der Waals surface area contributed by atoms with Crippen molar-refractivity contribution in [2.45, 2.75) is 26.5 Å². The molecule has 4 aromatic rings. The Morgan fingerprint density at radius 3 is 2.62 bits per heavy atom. The van der Waals surface area contributed by atoms with Crippen LogP contribution in [0.3, 0.4) is 0 Å². The Kier molecular flexibility index (Phi) is 4.93. The monoisotopic (exact) mass is 430 g/mol. The second kappa shape index (κ2) is 7.92.